The lowest BCUT2D eigenvalue weighted by atomic mass is 9.73. The van der Waals surface area contributed by atoms with Crippen molar-refractivity contribution in [2.45, 2.75) is 12.3 Å². The van der Waals surface area contributed by atoms with Crippen LogP contribution >= 0.6 is 0 Å². The second-order valence-electron chi connectivity index (χ2n) is 15.0. The molecule has 3 heteroatoms. The van der Waals surface area contributed by atoms with E-state index in [-0.39, 0.29) is 5.41 Å². The van der Waals surface area contributed by atoms with Crippen molar-refractivity contribution < 1.29 is 4.42 Å². The Morgan fingerprint density at radius 3 is 1.82 bits per heavy atom. The second kappa shape index (κ2) is 13.1. The number of nitrogens with zero attached hydrogens (tertiary/aromatic N) is 2. The summed E-state index contributed by atoms with van der Waals surface area (Å²) < 4.78 is 6.19. The summed E-state index contributed by atoms with van der Waals surface area (Å²) in [5.41, 5.74) is 17.4. The first kappa shape index (κ1) is 33.0. The SMILES string of the molecule is CC1(c2ccccc2)c2cc(-c3ccccc3-c3cc(-c4ccc5oc6ccccc6c5c4)nc(-c4ccccc4)n3)ccc2-c2c(-c3ccccc3)cccc21. The number of aromatic nitrogens is 2. The molecule has 11 rings (SSSR count). The van der Waals surface area contributed by atoms with Crippen LogP contribution in [0.5, 0.6) is 0 Å². The van der Waals surface area contributed by atoms with E-state index in [0.29, 0.717) is 5.82 Å². The third-order valence-electron chi connectivity index (χ3n) is 11.8. The summed E-state index contributed by atoms with van der Waals surface area (Å²) in [6.07, 6.45) is 0. The van der Waals surface area contributed by atoms with Crippen LogP contribution in [0.25, 0.3) is 89.2 Å². The van der Waals surface area contributed by atoms with E-state index >= 15 is 0 Å². The van der Waals surface area contributed by atoms with Gasteiger partial charge in [-0.2, -0.15) is 0 Å². The van der Waals surface area contributed by atoms with Crippen LogP contribution in [-0.2, 0) is 5.41 Å². The maximum Gasteiger partial charge on any atom is 0.160 e. The van der Waals surface area contributed by atoms with Gasteiger partial charge in [-0.3, -0.25) is 0 Å². The maximum absolute atomic E-state index is 6.19. The Labute approximate surface area is 331 Å². The van der Waals surface area contributed by atoms with Crippen LogP contribution in [0.1, 0.15) is 23.6 Å². The molecule has 268 valence electrons. The van der Waals surface area contributed by atoms with Crippen LogP contribution in [0.3, 0.4) is 0 Å². The van der Waals surface area contributed by atoms with Crippen LogP contribution in [0, 0.1) is 0 Å². The van der Waals surface area contributed by atoms with E-state index in [9.17, 15) is 0 Å². The number of benzene rings is 8. The number of fused-ring (bicyclic) bond motifs is 6. The minimum absolute atomic E-state index is 0.361. The van der Waals surface area contributed by atoms with Gasteiger partial charge < -0.3 is 4.42 Å². The van der Waals surface area contributed by atoms with Crippen LogP contribution in [0.15, 0.2) is 205 Å². The van der Waals surface area contributed by atoms with Crippen molar-refractivity contribution in [3.63, 3.8) is 0 Å². The molecule has 0 aliphatic heterocycles. The highest BCUT2D eigenvalue weighted by Crippen LogP contribution is 2.56. The third-order valence-corrected chi connectivity index (χ3v) is 11.8. The van der Waals surface area contributed by atoms with Gasteiger partial charge >= 0.3 is 0 Å². The van der Waals surface area contributed by atoms with E-state index in [2.05, 4.69) is 177 Å². The molecule has 2 aromatic heterocycles. The monoisotopic (exact) mass is 728 g/mol. The zero-order valence-corrected chi connectivity index (χ0v) is 31.4. The van der Waals surface area contributed by atoms with Gasteiger partial charge in [-0.05, 0) is 93.4 Å². The molecule has 0 saturated carbocycles. The summed E-state index contributed by atoms with van der Waals surface area (Å²) in [5.74, 6) is 0.685. The molecule has 0 saturated heterocycles. The molecule has 0 bridgehead atoms. The van der Waals surface area contributed by atoms with E-state index in [0.717, 1.165) is 61.1 Å². The van der Waals surface area contributed by atoms with Gasteiger partial charge in [0.2, 0.25) is 0 Å². The topological polar surface area (TPSA) is 38.9 Å². The van der Waals surface area contributed by atoms with Crippen molar-refractivity contribution in [3.05, 3.63) is 217 Å². The summed E-state index contributed by atoms with van der Waals surface area (Å²) in [6.45, 7) is 2.39. The summed E-state index contributed by atoms with van der Waals surface area (Å²) >= 11 is 0. The zero-order chi connectivity index (χ0) is 37.9. The normalized spacial score (nSPS) is 14.5. The highest BCUT2D eigenvalue weighted by atomic mass is 16.3. The van der Waals surface area contributed by atoms with Crippen LogP contribution in [0.4, 0.5) is 0 Å². The van der Waals surface area contributed by atoms with E-state index < -0.39 is 0 Å². The van der Waals surface area contributed by atoms with Crippen molar-refractivity contribution in [2.24, 2.45) is 0 Å². The molecule has 3 nitrogen and oxygen atoms in total. The molecule has 1 aliphatic rings. The van der Waals surface area contributed by atoms with E-state index in [1.165, 1.54) is 38.9 Å². The van der Waals surface area contributed by atoms with Crippen molar-refractivity contribution in [3.8, 4) is 67.3 Å². The zero-order valence-electron chi connectivity index (χ0n) is 31.4. The van der Waals surface area contributed by atoms with Gasteiger partial charge in [-0.1, -0.05) is 164 Å². The molecule has 1 aliphatic carbocycles. The van der Waals surface area contributed by atoms with Crippen LogP contribution in [-0.4, -0.2) is 9.97 Å². The fourth-order valence-electron chi connectivity index (χ4n) is 8.98. The summed E-state index contributed by atoms with van der Waals surface area (Å²) in [4.78, 5) is 10.5. The highest BCUT2D eigenvalue weighted by Gasteiger charge is 2.42. The van der Waals surface area contributed by atoms with Gasteiger partial charge in [0.25, 0.3) is 0 Å². The Morgan fingerprint density at radius 1 is 0.386 bits per heavy atom. The van der Waals surface area contributed by atoms with Gasteiger partial charge in [0.05, 0.1) is 11.4 Å². The molecule has 1 atom stereocenters. The Hall–Kier alpha value is -7.36. The molecule has 2 heterocycles. The Balaban J connectivity index is 1.10. The largest absolute Gasteiger partial charge is 0.456 e. The summed E-state index contributed by atoms with van der Waals surface area (Å²) in [7, 11) is 0. The average Bonchev–Trinajstić information content (AvgIpc) is 3.79. The first-order chi connectivity index (χ1) is 28.1. The average molecular weight is 729 g/mol. The lowest BCUT2D eigenvalue weighted by Crippen LogP contribution is -2.22. The molecule has 57 heavy (non-hydrogen) atoms. The van der Waals surface area contributed by atoms with E-state index in [4.69, 9.17) is 14.4 Å². The molecular formula is C54H36N2O. The van der Waals surface area contributed by atoms with Gasteiger partial charge in [0, 0.05) is 32.9 Å². The quantitative estimate of drug-likeness (QED) is 0.171. The minimum Gasteiger partial charge on any atom is -0.456 e. The molecule has 8 aromatic carbocycles. The first-order valence-electron chi connectivity index (χ1n) is 19.5. The number of furan rings is 1. The van der Waals surface area contributed by atoms with Crippen LogP contribution < -0.4 is 0 Å². The Morgan fingerprint density at radius 2 is 1.02 bits per heavy atom. The first-order valence-corrected chi connectivity index (χ1v) is 19.5. The van der Waals surface area contributed by atoms with Crippen molar-refractivity contribution >= 4 is 21.9 Å². The number of hydrogen-bond acceptors (Lipinski definition) is 3. The van der Waals surface area contributed by atoms with E-state index in [1.54, 1.807) is 0 Å². The smallest absolute Gasteiger partial charge is 0.160 e. The fraction of sp³-hybridized carbons (Fsp3) is 0.0370. The predicted molar refractivity (Wildman–Crippen MR) is 234 cm³/mol. The lowest BCUT2D eigenvalue weighted by Gasteiger charge is -2.29. The molecule has 0 N–H and O–H groups in total. The molecule has 1 unspecified atom stereocenters. The van der Waals surface area contributed by atoms with E-state index in [1.807, 2.05) is 30.3 Å². The Bertz CT molecular complexity index is 3130. The van der Waals surface area contributed by atoms with Crippen molar-refractivity contribution in [1.29, 1.82) is 0 Å². The number of para-hydroxylation sites is 1. The number of hydrogen-bond donors (Lipinski definition) is 0. The standard InChI is InChI=1S/C54H36N2O/c1-54(39-20-9-4-10-21-39)46-26-15-25-41(35-16-5-2-6-17-35)52(46)44-30-28-37(33-47(44)54)40-22-11-12-23-42(40)49-34-48(55-53(56-49)36-18-7-3-8-19-36)38-29-31-51-45(32-38)43-24-13-14-27-50(43)57-51/h2-34H,1H3. The maximum atomic E-state index is 6.19. The van der Waals surface area contributed by atoms with Gasteiger partial charge in [0.15, 0.2) is 5.82 Å². The fourth-order valence-corrected chi connectivity index (χ4v) is 8.98. The van der Waals surface area contributed by atoms with Crippen molar-refractivity contribution in [1.82, 2.24) is 9.97 Å². The predicted octanol–water partition coefficient (Wildman–Crippen LogP) is 14.0. The summed E-state index contributed by atoms with van der Waals surface area (Å²) in [5, 5.41) is 2.16. The molecule has 0 spiro atoms. The van der Waals surface area contributed by atoms with Gasteiger partial charge in [-0.15, -0.1) is 0 Å². The third kappa shape index (κ3) is 5.35. The lowest BCUT2D eigenvalue weighted by molar-refractivity contribution is 0.669. The Kier molecular flexibility index (Phi) is 7.61. The molecule has 0 amide bonds. The number of rotatable bonds is 6. The molecule has 10 aromatic rings. The molecule has 0 radical (unpaired) electrons. The minimum atomic E-state index is -0.361. The van der Waals surface area contributed by atoms with Crippen molar-refractivity contribution in [2.75, 3.05) is 0 Å². The highest BCUT2D eigenvalue weighted by molar-refractivity contribution is 6.06. The summed E-state index contributed by atoms with van der Waals surface area (Å²) in [6, 6.07) is 71.2. The second-order valence-corrected chi connectivity index (χ2v) is 15.0. The molecular weight excluding hydrogens is 693 g/mol. The van der Waals surface area contributed by atoms with Gasteiger partial charge in [0.1, 0.15) is 11.2 Å². The molecule has 0 fully saturated rings. The van der Waals surface area contributed by atoms with Gasteiger partial charge in [-0.25, -0.2) is 9.97 Å². The van der Waals surface area contributed by atoms with Crippen LogP contribution in [0.2, 0.25) is 0 Å².